The van der Waals surface area contributed by atoms with E-state index in [2.05, 4.69) is 11.8 Å². The summed E-state index contributed by atoms with van der Waals surface area (Å²) in [7, 11) is 0. The lowest BCUT2D eigenvalue weighted by Gasteiger charge is -2.18. The number of likely N-dealkylation sites (tertiary alicyclic amines) is 1. The van der Waals surface area contributed by atoms with Crippen LogP contribution in [0.5, 0.6) is 11.5 Å². The molecule has 0 aliphatic carbocycles. The fourth-order valence-corrected chi connectivity index (χ4v) is 3.09. The molecule has 1 fully saturated rings. The molecule has 5 heteroatoms. The third-order valence-electron chi connectivity index (χ3n) is 3.95. The SMILES string of the molecule is CC(N)C1CCN(Cc2cc(Cl)c3c(c2)OCO3)C1. The van der Waals surface area contributed by atoms with Gasteiger partial charge in [-0.3, -0.25) is 4.90 Å². The van der Waals surface area contributed by atoms with E-state index in [9.17, 15) is 0 Å². The van der Waals surface area contributed by atoms with E-state index >= 15 is 0 Å². The van der Waals surface area contributed by atoms with Crippen LogP contribution in [0.3, 0.4) is 0 Å². The van der Waals surface area contributed by atoms with Gasteiger partial charge in [0.2, 0.25) is 6.79 Å². The minimum Gasteiger partial charge on any atom is -0.454 e. The molecule has 2 aliphatic rings. The Kier molecular flexibility index (Phi) is 3.56. The highest BCUT2D eigenvalue weighted by Gasteiger charge is 2.26. The number of rotatable bonds is 3. The predicted molar refractivity (Wildman–Crippen MR) is 74.6 cm³/mol. The predicted octanol–water partition coefficient (Wildman–Crippen LogP) is 2.24. The van der Waals surface area contributed by atoms with Crippen molar-refractivity contribution in [3.05, 3.63) is 22.7 Å². The summed E-state index contributed by atoms with van der Waals surface area (Å²) >= 11 is 6.20. The van der Waals surface area contributed by atoms with E-state index in [4.69, 9.17) is 26.8 Å². The van der Waals surface area contributed by atoms with E-state index < -0.39 is 0 Å². The minimum atomic E-state index is 0.259. The van der Waals surface area contributed by atoms with Gasteiger partial charge in [0.25, 0.3) is 0 Å². The van der Waals surface area contributed by atoms with Crippen molar-refractivity contribution in [1.29, 1.82) is 0 Å². The second-order valence-corrected chi connectivity index (χ2v) is 5.86. The van der Waals surface area contributed by atoms with Crippen molar-refractivity contribution in [2.45, 2.75) is 25.9 Å². The van der Waals surface area contributed by atoms with E-state index in [-0.39, 0.29) is 12.8 Å². The topological polar surface area (TPSA) is 47.7 Å². The zero-order valence-electron chi connectivity index (χ0n) is 11.1. The van der Waals surface area contributed by atoms with Gasteiger partial charge in [0.15, 0.2) is 11.5 Å². The van der Waals surface area contributed by atoms with Gasteiger partial charge in [-0.15, -0.1) is 0 Å². The number of halogens is 1. The summed E-state index contributed by atoms with van der Waals surface area (Å²) in [6.07, 6.45) is 1.18. The van der Waals surface area contributed by atoms with Gasteiger partial charge in [0, 0.05) is 19.1 Å². The first-order valence-corrected chi connectivity index (χ1v) is 7.07. The molecule has 2 aliphatic heterocycles. The second kappa shape index (κ2) is 5.19. The Morgan fingerprint density at radius 2 is 2.32 bits per heavy atom. The number of nitrogens with zero attached hydrogens (tertiary/aromatic N) is 1. The summed E-state index contributed by atoms with van der Waals surface area (Å²) < 4.78 is 10.7. The normalized spacial score (nSPS) is 23.8. The van der Waals surface area contributed by atoms with Crippen LogP contribution in [-0.2, 0) is 6.54 Å². The van der Waals surface area contributed by atoms with Crippen LogP contribution < -0.4 is 15.2 Å². The molecule has 0 saturated carbocycles. The van der Waals surface area contributed by atoms with Gasteiger partial charge in [-0.05, 0) is 43.5 Å². The molecule has 4 nitrogen and oxygen atoms in total. The summed E-state index contributed by atoms with van der Waals surface area (Å²) in [5.74, 6) is 2.02. The van der Waals surface area contributed by atoms with Gasteiger partial charge >= 0.3 is 0 Å². The standard InChI is InChI=1S/C14H19ClN2O2/c1-9(16)11-2-3-17(7-11)6-10-4-12(15)14-13(5-10)18-8-19-14/h4-5,9,11H,2-3,6-8,16H2,1H3. The molecule has 3 rings (SSSR count). The highest BCUT2D eigenvalue weighted by molar-refractivity contribution is 6.32. The Hall–Kier alpha value is -0.970. The van der Waals surface area contributed by atoms with Crippen molar-refractivity contribution >= 4 is 11.6 Å². The van der Waals surface area contributed by atoms with Gasteiger partial charge in [0.05, 0.1) is 5.02 Å². The Bertz CT molecular complexity index is 479. The number of ether oxygens (including phenoxy) is 2. The van der Waals surface area contributed by atoms with E-state index in [0.717, 1.165) is 25.4 Å². The van der Waals surface area contributed by atoms with Crippen LogP contribution in [0.4, 0.5) is 0 Å². The van der Waals surface area contributed by atoms with Crippen LogP contribution in [0.2, 0.25) is 5.02 Å². The fourth-order valence-electron chi connectivity index (χ4n) is 2.81. The number of nitrogens with two attached hydrogens (primary N) is 1. The maximum atomic E-state index is 6.20. The van der Waals surface area contributed by atoms with Crippen LogP contribution in [-0.4, -0.2) is 30.8 Å². The van der Waals surface area contributed by atoms with Gasteiger partial charge in [0.1, 0.15) is 0 Å². The summed E-state index contributed by atoms with van der Waals surface area (Å²) in [6.45, 7) is 5.39. The molecular weight excluding hydrogens is 264 g/mol. The van der Waals surface area contributed by atoms with E-state index in [1.165, 1.54) is 12.0 Å². The molecule has 0 radical (unpaired) electrons. The minimum absolute atomic E-state index is 0.259. The molecule has 2 N–H and O–H groups in total. The Morgan fingerprint density at radius 1 is 1.47 bits per heavy atom. The Balaban J connectivity index is 1.69. The number of hydrogen-bond donors (Lipinski definition) is 1. The highest BCUT2D eigenvalue weighted by Crippen LogP contribution is 2.40. The average molecular weight is 283 g/mol. The number of hydrogen-bond acceptors (Lipinski definition) is 4. The van der Waals surface area contributed by atoms with E-state index in [1.54, 1.807) is 0 Å². The first-order chi connectivity index (χ1) is 9.13. The largest absolute Gasteiger partial charge is 0.454 e. The maximum Gasteiger partial charge on any atom is 0.231 e. The van der Waals surface area contributed by atoms with Crippen molar-refractivity contribution in [2.24, 2.45) is 11.7 Å². The highest BCUT2D eigenvalue weighted by atomic mass is 35.5. The van der Waals surface area contributed by atoms with Gasteiger partial charge in [-0.1, -0.05) is 11.6 Å². The number of fused-ring (bicyclic) bond motifs is 1. The van der Waals surface area contributed by atoms with Crippen molar-refractivity contribution in [1.82, 2.24) is 4.90 Å². The van der Waals surface area contributed by atoms with Crippen LogP contribution in [0, 0.1) is 5.92 Å². The molecule has 0 bridgehead atoms. The Labute approximate surface area is 118 Å². The summed E-state index contributed by atoms with van der Waals surface area (Å²) in [4.78, 5) is 2.42. The summed E-state index contributed by atoms with van der Waals surface area (Å²) in [5.41, 5.74) is 7.13. The monoisotopic (exact) mass is 282 g/mol. The molecule has 104 valence electrons. The molecule has 1 aromatic carbocycles. The summed E-state index contributed by atoms with van der Waals surface area (Å²) in [6, 6.07) is 4.26. The molecule has 0 aromatic heterocycles. The van der Waals surface area contributed by atoms with Crippen LogP contribution in [0.15, 0.2) is 12.1 Å². The average Bonchev–Trinajstić information content (AvgIpc) is 2.97. The third-order valence-corrected chi connectivity index (χ3v) is 4.23. The first-order valence-electron chi connectivity index (χ1n) is 6.69. The fraction of sp³-hybridized carbons (Fsp3) is 0.571. The van der Waals surface area contributed by atoms with E-state index in [1.807, 2.05) is 12.1 Å². The van der Waals surface area contributed by atoms with Gasteiger partial charge < -0.3 is 15.2 Å². The molecule has 2 unspecified atom stereocenters. The van der Waals surface area contributed by atoms with Crippen molar-refractivity contribution in [3.8, 4) is 11.5 Å². The maximum absolute atomic E-state index is 6.20. The van der Waals surface area contributed by atoms with Crippen LogP contribution in [0.1, 0.15) is 18.9 Å². The quantitative estimate of drug-likeness (QED) is 0.924. The lowest BCUT2D eigenvalue weighted by atomic mass is 10.0. The number of benzene rings is 1. The lowest BCUT2D eigenvalue weighted by Crippen LogP contribution is -2.29. The molecule has 2 heterocycles. The molecule has 1 saturated heterocycles. The lowest BCUT2D eigenvalue weighted by molar-refractivity contribution is 0.174. The van der Waals surface area contributed by atoms with Crippen molar-refractivity contribution in [2.75, 3.05) is 19.9 Å². The van der Waals surface area contributed by atoms with Crippen molar-refractivity contribution in [3.63, 3.8) is 0 Å². The van der Waals surface area contributed by atoms with Crippen molar-refractivity contribution < 1.29 is 9.47 Å². The molecular formula is C14H19ClN2O2. The van der Waals surface area contributed by atoms with Gasteiger partial charge in [-0.25, -0.2) is 0 Å². The van der Waals surface area contributed by atoms with Crippen LogP contribution >= 0.6 is 11.6 Å². The van der Waals surface area contributed by atoms with Gasteiger partial charge in [-0.2, -0.15) is 0 Å². The Morgan fingerprint density at radius 3 is 3.05 bits per heavy atom. The summed E-state index contributed by atoms with van der Waals surface area (Å²) in [5, 5.41) is 0.632. The van der Waals surface area contributed by atoms with Crippen LogP contribution in [0.25, 0.3) is 0 Å². The molecule has 2 atom stereocenters. The second-order valence-electron chi connectivity index (χ2n) is 5.45. The molecule has 19 heavy (non-hydrogen) atoms. The molecule has 0 amide bonds. The smallest absolute Gasteiger partial charge is 0.231 e. The third kappa shape index (κ3) is 2.66. The molecule has 0 spiro atoms. The zero-order valence-corrected chi connectivity index (χ0v) is 11.8. The molecule has 1 aromatic rings. The zero-order chi connectivity index (χ0) is 13.4. The van der Waals surface area contributed by atoms with E-state index in [0.29, 0.717) is 16.7 Å². The first kappa shape index (κ1) is 13.0.